The number of thiazole rings is 1. The van der Waals surface area contributed by atoms with Crippen LogP contribution in [0.2, 0.25) is 0 Å². The summed E-state index contributed by atoms with van der Waals surface area (Å²) in [6.07, 6.45) is 1.80. The Bertz CT molecular complexity index is 522. The van der Waals surface area contributed by atoms with Gasteiger partial charge in [0.15, 0.2) is 0 Å². The fourth-order valence-electron chi connectivity index (χ4n) is 1.45. The molecule has 0 atom stereocenters. The summed E-state index contributed by atoms with van der Waals surface area (Å²) in [7, 11) is 0. The second-order valence-electron chi connectivity index (χ2n) is 4.19. The zero-order valence-electron chi connectivity index (χ0n) is 9.73. The van der Waals surface area contributed by atoms with E-state index in [4.69, 9.17) is 9.68 Å². The fraction of sp³-hybridized carbons (Fsp3) is 0.333. The minimum absolute atomic E-state index is 0.201. The number of hydrogen-bond donors (Lipinski definition) is 1. The highest BCUT2D eigenvalue weighted by atomic mass is 32.1. The molecule has 0 aliphatic heterocycles. The summed E-state index contributed by atoms with van der Waals surface area (Å²) in [5, 5.41) is 15.0. The van der Waals surface area contributed by atoms with Gasteiger partial charge in [-0.3, -0.25) is 5.32 Å². The second kappa shape index (κ2) is 4.70. The number of nitrogens with zero attached hydrogens (tertiary/aromatic N) is 2. The third-order valence-electron chi connectivity index (χ3n) is 2.44. The van der Waals surface area contributed by atoms with Crippen molar-refractivity contribution in [2.75, 3.05) is 0 Å². The van der Waals surface area contributed by atoms with Gasteiger partial charge in [0, 0.05) is 11.6 Å². The van der Waals surface area contributed by atoms with Crippen LogP contribution in [0.3, 0.4) is 0 Å². The molecule has 0 aliphatic rings. The minimum Gasteiger partial charge on any atom is -0.449 e. The molecular formula is C12H13N3OS. The molecular weight excluding hydrogens is 234 g/mol. The van der Waals surface area contributed by atoms with Gasteiger partial charge in [-0.25, -0.2) is 4.98 Å². The van der Waals surface area contributed by atoms with Crippen molar-refractivity contribution in [1.82, 2.24) is 10.3 Å². The summed E-state index contributed by atoms with van der Waals surface area (Å²) in [5.41, 5.74) is -0.201. The summed E-state index contributed by atoms with van der Waals surface area (Å²) in [5.74, 6) is 1.10. The Labute approximate surface area is 104 Å². The average molecular weight is 247 g/mol. The van der Waals surface area contributed by atoms with Gasteiger partial charge in [-0.2, -0.15) is 5.26 Å². The van der Waals surface area contributed by atoms with Gasteiger partial charge in [0.25, 0.3) is 0 Å². The molecule has 0 amide bonds. The van der Waals surface area contributed by atoms with Gasteiger partial charge in [-0.1, -0.05) is 0 Å². The van der Waals surface area contributed by atoms with E-state index in [9.17, 15) is 0 Å². The maximum absolute atomic E-state index is 8.66. The highest BCUT2D eigenvalue weighted by molar-refractivity contribution is 7.09. The number of rotatable bonds is 4. The van der Waals surface area contributed by atoms with E-state index in [0.29, 0.717) is 12.3 Å². The monoisotopic (exact) mass is 247 g/mol. The molecule has 0 radical (unpaired) electrons. The molecule has 1 N–H and O–H groups in total. The first kappa shape index (κ1) is 11.8. The molecule has 2 rings (SSSR count). The van der Waals surface area contributed by atoms with E-state index in [1.54, 1.807) is 23.6 Å². The van der Waals surface area contributed by atoms with Crippen LogP contribution in [0.5, 0.6) is 0 Å². The smallest absolute Gasteiger partial charge is 0.203 e. The third kappa shape index (κ3) is 2.73. The van der Waals surface area contributed by atoms with E-state index in [2.05, 4.69) is 24.1 Å². The van der Waals surface area contributed by atoms with Crippen molar-refractivity contribution >= 4 is 11.3 Å². The standard InChI is InChI=1S/C12H13N3OS/c1-12(2,11-14-5-6-17-11)15-8-10-4-3-9(7-13)16-10/h3-6,15H,8H2,1-2H3. The van der Waals surface area contributed by atoms with Crippen LogP contribution in [0, 0.1) is 11.3 Å². The van der Waals surface area contributed by atoms with E-state index in [0.717, 1.165) is 10.8 Å². The lowest BCUT2D eigenvalue weighted by atomic mass is 10.1. The molecule has 2 aromatic heterocycles. The van der Waals surface area contributed by atoms with Crippen molar-refractivity contribution in [2.24, 2.45) is 0 Å². The van der Waals surface area contributed by atoms with E-state index in [-0.39, 0.29) is 5.54 Å². The van der Waals surface area contributed by atoms with Crippen molar-refractivity contribution in [3.63, 3.8) is 0 Å². The molecule has 0 unspecified atom stereocenters. The number of aromatic nitrogens is 1. The van der Waals surface area contributed by atoms with Crippen molar-refractivity contribution in [3.8, 4) is 6.07 Å². The lowest BCUT2D eigenvalue weighted by Crippen LogP contribution is -2.35. The van der Waals surface area contributed by atoms with Crippen molar-refractivity contribution in [2.45, 2.75) is 25.9 Å². The summed E-state index contributed by atoms with van der Waals surface area (Å²) < 4.78 is 5.30. The first-order valence-electron chi connectivity index (χ1n) is 5.25. The molecule has 2 heterocycles. The van der Waals surface area contributed by atoms with Crippen LogP contribution in [0.25, 0.3) is 0 Å². The Morgan fingerprint density at radius 1 is 1.53 bits per heavy atom. The Hall–Kier alpha value is -1.64. The molecule has 17 heavy (non-hydrogen) atoms. The van der Waals surface area contributed by atoms with Crippen LogP contribution in [0.4, 0.5) is 0 Å². The van der Waals surface area contributed by atoms with Gasteiger partial charge < -0.3 is 4.42 Å². The first-order valence-corrected chi connectivity index (χ1v) is 6.13. The molecule has 0 aliphatic carbocycles. The van der Waals surface area contributed by atoms with E-state index in [1.807, 2.05) is 17.5 Å². The fourth-order valence-corrected chi connectivity index (χ4v) is 2.19. The quantitative estimate of drug-likeness (QED) is 0.902. The van der Waals surface area contributed by atoms with Crippen LogP contribution < -0.4 is 5.32 Å². The number of nitriles is 1. The largest absolute Gasteiger partial charge is 0.449 e. The Kier molecular flexibility index (Phi) is 3.27. The summed E-state index contributed by atoms with van der Waals surface area (Å²) in [6, 6.07) is 5.45. The van der Waals surface area contributed by atoms with E-state index >= 15 is 0 Å². The van der Waals surface area contributed by atoms with Gasteiger partial charge in [0.05, 0.1) is 12.1 Å². The zero-order valence-corrected chi connectivity index (χ0v) is 10.5. The summed E-state index contributed by atoms with van der Waals surface area (Å²) in [6.45, 7) is 4.72. The van der Waals surface area contributed by atoms with Crippen LogP contribution in [-0.2, 0) is 12.1 Å². The third-order valence-corrected chi connectivity index (χ3v) is 3.54. The highest BCUT2D eigenvalue weighted by Crippen LogP contribution is 2.22. The number of furan rings is 1. The Balaban J connectivity index is 2.00. The summed E-state index contributed by atoms with van der Waals surface area (Å²) >= 11 is 1.62. The lowest BCUT2D eigenvalue weighted by molar-refractivity contribution is 0.368. The molecule has 88 valence electrons. The van der Waals surface area contributed by atoms with Crippen LogP contribution in [0.15, 0.2) is 28.1 Å². The number of hydrogen-bond acceptors (Lipinski definition) is 5. The number of nitrogens with one attached hydrogen (secondary N) is 1. The van der Waals surface area contributed by atoms with Gasteiger partial charge in [0.2, 0.25) is 5.76 Å². The molecule has 0 bridgehead atoms. The van der Waals surface area contributed by atoms with Crippen LogP contribution >= 0.6 is 11.3 Å². The minimum atomic E-state index is -0.201. The maximum Gasteiger partial charge on any atom is 0.203 e. The molecule has 2 aromatic rings. The Morgan fingerprint density at radius 2 is 2.35 bits per heavy atom. The average Bonchev–Trinajstić information content (AvgIpc) is 2.98. The Morgan fingerprint density at radius 3 is 2.94 bits per heavy atom. The molecule has 0 saturated heterocycles. The van der Waals surface area contributed by atoms with Crippen LogP contribution in [-0.4, -0.2) is 4.98 Å². The van der Waals surface area contributed by atoms with Gasteiger partial charge in [0.1, 0.15) is 16.8 Å². The predicted molar refractivity (Wildman–Crippen MR) is 65.4 cm³/mol. The SMILES string of the molecule is CC(C)(NCc1ccc(C#N)o1)c1nccs1. The topological polar surface area (TPSA) is 61.9 Å². The van der Waals surface area contributed by atoms with E-state index < -0.39 is 0 Å². The molecule has 0 saturated carbocycles. The summed E-state index contributed by atoms with van der Waals surface area (Å²) in [4.78, 5) is 4.29. The van der Waals surface area contributed by atoms with Crippen LogP contribution in [0.1, 0.15) is 30.4 Å². The molecule has 4 nitrogen and oxygen atoms in total. The van der Waals surface area contributed by atoms with Crippen molar-refractivity contribution < 1.29 is 4.42 Å². The van der Waals surface area contributed by atoms with Crippen molar-refractivity contribution in [1.29, 1.82) is 5.26 Å². The van der Waals surface area contributed by atoms with Crippen molar-refractivity contribution in [3.05, 3.63) is 40.2 Å². The van der Waals surface area contributed by atoms with Gasteiger partial charge in [-0.05, 0) is 26.0 Å². The van der Waals surface area contributed by atoms with Gasteiger partial charge >= 0.3 is 0 Å². The lowest BCUT2D eigenvalue weighted by Gasteiger charge is -2.23. The maximum atomic E-state index is 8.66. The van der Waals surface area contributed by atoms with Gasteiger partial charge in [-0.15, -0.1) is 11.3 Å². The predicted octanol–water partition coefficient (Wildman–Crippen LogP) is 2.63. The zero-order chi connectivity index (χ0) is 12.3. The molecule has 0 spiro atoms. The molecule has 0 fully saturated rings. The molecule has 0 aromatic carbocycles. The first-order chi connectivity index (χ1) is 8.12. The second-order valence-corrected chi connectivity index (χ2v) is 5.09. The molecule has 5 heteroatoms. The normalized spacial score (nSPS) is 11.4. The highest BCUT2D eigenvalue weighted by Gasteiger charge is 2.22. The van der Waals surface area contributed by atoms with E-state index in [1.165, 1.54) is 0 Å².